The van der Waals surface area contributed by atoms with Crippen molar-refractivity contribution in [1.82, 2.24) is 20.4 Å². The Labute approximate surface area is 338 Å². The van der Waals surface area contributed by atoms with Gasteiger partial charge in [-0.3, -0.25) is 14.4 Å². The molecule has 58 heavy (non-hydrogen) atoms. The zero-order chi connectivity index (χ0) is 41.8. The molecular formula is C42H51N5O10S. The minimum Gasteiger partial charge on any atom is -0.491 e. The van der Waals surface area contributed by atoms with Crippen LogP contribution in [-0.2, 0) is 33.7 Å². The monoisotopic (exact) mass is 817 g/mol. The zero-order valence-electron chi connectivity index (χ0n) is 33.1. The van der Waals surface area contributed by atoms with E-state index in [-0.39, 0.29) is 55.7 Å². The van der Waals surface area contributed by atoms with E-state index in [1.165, 1.54) is 28.0 Å². The molecule has 4 atom stereocenters. The van der Waals surface area contributed by atoms with Crippen LogP contribution in [0, 0.1) is 0 Å². The summed E-state index contributed by atoms with van der Waals surface area (Å²) in [4.78, 5) is 70.2. The second-order valence-corrected chi connectivity index (χ2v) is 18.0. The number of nitrogens with one attached hydrogen (secondary N) is 2. The molecule has 2 heterocycles. The summed E-state index contributed by atoms with van der Waals surface area (Å²) in [6, 6.07) is 18.5. The smallest absolute Gasteiger partial charge is 0.409 e. The quantitative estimate of drug-likeness (QED) is 0.239. The molecule has 0 bridgehead atoms. The lowest BCUT2D eigenvalue weighted by atomic mass is 9.98. The van der Waals surface area contributed by atoms with Crippen molar-refractivity contribution in [3.05, 3.63) is 83.9 Å². The number of sulfone groups is 1. The van der Waals surface area contributed by atoms with Gasteiger partial charge in [-0.2, -0.15) is 0 Å². The first-order chi connectivity index (χ1) is 27.5. The summed E-state index contributed by atoms with van der Waals surface area (Å²) in [6.45, 7) is 4.98. The van der Waals surface area contributed by atoms with Crippen molar-refractivity contribution in [3.63, 3.8) is 0 Å². The molecule has 0 unspecified atom stereocenters. The number of nitrogens with two attached hydrogens (primary N) is 1. The molecule has 310 valence electrons. The van der Waals surface area contributed by atoms with Crippen LogP contribution in [-0.4, -0.2) is 110 Å². The van der Waals surface area contributed by atoms with E-state index in [4.69, 9.17) is 19.9 Å². The molecule has 3 aliphatic rings. The average Bonchev–Trinajstić information content (AvgIpc) is 3.73. The first-order valence-electron chi connectivity index (χ1n) is 19.4. The highest BCUT2D eigenvalue weighted by atomic mass is 32.2. The van der Waals surface area contributed by atoms with E-state index in [0.29, 0.717) is 19.3 Å². The van der Waals surface area contributed by atoms with Gasteiger partial charge in [0.15, 0.2) is 9.84 Å². The lowest BCUT2D eigenvalue weighted by molar-refractivity contribution is -0.143. The molecule has 0 saturated carbocycles. The number of benzene rings is 3. The molecule has 0 spiro atoms. The maximum atomic E-state index is 14.5. The first kappa shape index (κ1) is 42.0. The summed E-state index contributed by atoms with van der Waals surface area (Å²) in [6.07, 6.45) is 0.731. The average molecular weight is 818 g/mol. The van der Waals surface area contributed by atoms with Crippen LogP contribution in [0.1, 0.15) is 69.9 Å². The largest absolute Gasteiger partial charge is 0.491 e. The minimum absolute atomic E-state index is 0.0575. The van der Waals surface area contributed by atoms with Crippen molar-refractivity contribution in [1.29, 1.82) is 0 Å². The van der Waals surface area contributed by atoms with Gasteiger partial charge in [-0.1, -0.05) is 54.6 Å². The third-order valence-corrected chi connectivity index (χ3v) is 11.7. The molecule has 3 aromatic rings. The fourth-order valence-corrected chi connectivity index (χ4v) is 8.50. The SMILES string of the molecule is CC(C)(C)OC(=O)N[C@H]1CN(C(=O)OCC2c3ccccc3-c3ccccc32)CC[C@H]2CC[C@@H](C(=O)N[C@@H](CCC(N)=O)COc3cccc(S(C)(=O)=O)c3)N2C1=O. The molecule has 0 aromatic heterocycles. The molecule has 0 radical (unpaired) electrons. The fourth-order valence-electron chi connectivity index (χ4n) is 7.84. The Morgan fingerprint density at radius 1 is 0.931 bits per heavy atom. The van der Waals surface area contributed by atoms with E-state index in [0.717, 1.165) is 28.5 Å². The Kier molecular flexibility index (Phi) is 12.6. The van der Waals surface area contributed by atoms with Crippen LogP contribution < -0.4 is 21.1 Å². The number of fused-ring (bicyclic) bond motifs is 4. The maximum absolute atomic E-state index is 14.5. The zero-order valence-corrected chi connectivity index (χ0v) is 34.0. The molecule has 1 aliphatic carbocycles. The highest BCUT2D eigenvalue weighted by Gasteiger charge is 2.46. The Hall–Kier alpha value is -5.64. The van der Waals surface area contributed by atoms with E-state index >= 15 is 0 Å². The molecule has 2 aliphatic heterocycles. The van der Waals surface area contributed by atoms with Gasteiger partial charge in [0, 0.05) is 31.2 Å². The number of carbonyl (C=O) groups is 5. The number of amides is 5. The summed E-state index contributed by atoms with van der Waals surface area (Å²) in [5.74, 6) is -1.58. The van der Waals surface area contributed by atoms with Crippen LogP contribution in [0.2, 0.25) is 0 Å². The highest BCUT2D eigenvalue weighted by molar-refractivity contribution is 7.90. The second-order valence-electron chi connectivity index (χ2n) is 16.0. The lowest BCUT2D eigenvalue weighted by Gasteiger charge is -2.38. The number of hydrogen-bond donors (Lipinski definition) is 3. The van der Waals surface area contributed by atoms with Gasteiger partial charge < -0.3 is 40.4 Å². The van der Waals surface area contributed by atoms with E-state index in [2.05, 4.69) is 10.6 Å². The molecule has 6 rings (SSSR count). The van der Waals surface area contributed by atoms with Gasteiger partial charge in [0.05, 0.1) is 17.5 Å². The molecule has 16 heteroatoms. The van der Waals surface area contributed by atoms with Gasteiger partial charge in [-0.15, -0.1) is 0 Å². The number of nitrogens with zero attached hydrogens (tertiary/aromatic N) is 2. The summed E-state index contributed by atoms with van der Waals surface area (Å²) in [5.41, 5.74) is 8.83. The van der Waals surface area contributed by atoms with Crippen molar-refractivity contribution >= 4 is 39.7 Å². The molecule has 3 aromatic carbocycles. The van der Waals surface area contributed by atoms with E-state index in [1.54, 1.807) is 26.8 Å². The molecule has 15 nitrogen and oxygen atoms in total. The van der Waals surface area contributed by atoms with Crippen LogP contribution in [0.3, 0.4) is 0 Å². The topological polar surface area (TPSA) is 204 Å². The van der Waals surface area contributed by atoms with Gasteiger partial charge in [-0.05, 0) is 86.9 Å². The fraction of sp³-hybridized carbons (Fsp3) is 0.452. The summed E-state index contributed by atoms with van der Waals surface area (Å²) >= 11 is 0. The standard InChI is InChI=1S/C42H51N5O10S/c1-42(2,3)57-40(51)45-35-23-46(41(52)56-25-34-32-14-7-5-12-30(32)31-13-6-8-15-33(31)34)21-20-27-17-18-36(47(27)39(35)50)38(49)44-26(16-19-37(43)48)24-55-28-10-9-11-29(22-28)58(4,53)54/h5-15,22,26-27,34-36H,16-21,23-25H2,1-4H3,(H2,43,48)(H,44,49)(H,45,51)/t26-,27+,35-,36-/m0/s1. The van der Waals surface area contributed by atoms with Crippen molar-refractivity contribution < 1.29 is 46.6 Å². The molecule has 4 N–H and O–H groups in total. The van der Waals surface area contributed by atoms with Gasteiger partial charge >= 0.3 is 12.2 Å². The Balaban J connectivity index is 1.17. The number of hydrogen-bond acceptors (Lipinski definition) is 10. The number of ether oxygens (including phenoxy) is 3. The summed E-state index contributed by atoms with van der Waals surface area (Å²) in [5, 5.41) is 5.56. The number of primary amides is 1. The van der Waals surface area contributed by atoms with Crippen LogP contribution in [0.15, 0.2) is 77.7 Å². The normalized spacial score (nSPS) is 19.8. The Morgan fingerprint density at radius 2 is 1.60 bits per heavy atom. The first-order valence-corrected chi connectivity index (χ1v) is 21.3. The van der Waals surface area contributed by atoms with Gasteiger partial charge in [0.25, 0.3) is 0 Å². The van der Waals surface area contributed by atoms with E-state index in [9.17, 15) is 32.4 Å². The third-order valence-electron chi connectivity index (χ3n) is 10.5. The van der Waals surface area contributed by atoms with Crippen LogP contribution >= 0.6 is 0 Å². The van der Waals surface area contributed by atoms with Crippen LogP contribution in [0.25, 0.3) is 11.1 Å². The Morgan fingerprint density at radius 3 is 2.24 bits per heavy atom. The van der Waals surface area contributed by atoms with Crippen molar-refractivity contribution in [2.24, 2.45) is 5.73 Å². The minimum atomic E-state index is -3.50. The highest BCUT2D eigenvalue weighted by Crippen LogP contribution is 2.44. The van der Waals surface area contributed by atoms with Gasteiger partial charge in [-0.25, -0.2) is 18.0 Å². The predicted molar refractivity (Wildman–Crippen MR) is 213 cm³/mol. The lowest BCUT2D eigenvalue weighted by Crippen LogP contribution is -2.62. The van der Waals surface area contributed by atoms with Crippen molar-refractivity contribution in [2.45, 2.75) is 93.5 Å². The van der Waals surface area contributed by atoms with Gasteiger partial charge in [0.2, 0.25) is 17.7 Å². The molecule has 5 amide bonds. The molecule has 2 saturated heterocycles. The second kappa shape index (κ2) is 17.5. The van der Waals surface area contributed by atoms with E-state index < -0.39 is 69.5 Å². The van der Waals surface area contributed by atoms with Crippen LogP contribution in [0.5, 0.6) is 5.75 Å². The Bertz CT molecular complexity index is 2110. The third kappa shape index (κ3) is 10.1. The maximum Gasteiger partial charge on any atom is 0.409 e. The molecular weight excluding hydrogens is 767 g/mol. The summed E-state index contributed by atoms with van der Waals surface area (Å²) < 4.78 is 41.5. The number of rotatable bonds is 12. The van der Waals surface area contributed by atoms with Crippen LogP contribution in [0.4, 0.5) is 9.59 Å². The van der Waals surface area contributed by atoms with E-state index in [1.807, 2.05) is 48.5 Å². The van der Waals surface area contributed by atoms with Crippen molar-refractivity contribution in [3.8, 4) is 16.9 Å². The van der Waals surface area contributed by atoms with Gasteiger partial charge in [0.1, 0.15) is 36.6 Å². The van der Waals surface area contributed by atoms with Crippen molar-refractivity contribution in [2.75, 3.05) is 32.6 Å². The molecule has 2 fully saturated rings. The summed E-state index contributed by atoms with van der Waals surface area (Å²) in [7, 11) is -3.50. The number of alkyl carbamates (subject to hydrolysis) is 1. The predicted octanol–water partition coefficient (Wildman–Crippen LogP) is 4.13. The number of carbonyl (C=O) groups excluding carboxylic acids is 5.